The number of aryl methyl sites for hydroxylation is 2. The van der Waals surface area contributed by atoms with Crippen LogP contribution in [0.2, 0.25) is 0 Å². The number of nitrogens with zero attached hydrogens (tertiary/aromatic N) is 2. The van der Waals surface area contributed by atoms with E-state index in [-0.39, 0.29) is 11.5 Å². The highest BCUT2D eigenvalue weighted by Gasteiger charge is 2.22. The zero-order valence-electron chi connectivity index (χ0n) is 12.9. The Morgan fingerprint density at radius 2 is 1.87 bits per heavy atom. The number of hydrogen-bond acceptors (Lipinski definition) is 4. The molecule has 0 fully saturated rings. The van der Waals surface area contributed by atoms with Crippen LogP contribution in [0.3, 0.4) is 0 Å². The molecule has 118 valence electrons. The van der Waals surface area contributed by atoms with Crippen LogP contribution in [0.25, 0.3) is 6.08 Å². The van der Waals surface area contributed by atoms with Gasteiger partial charge in [-0.05, 0) is 42.7 Å². The van der Waals surface area contributed by atoms with Crippen LogP contribution in [0.5, 0.6) is 5.75 Å². The largest absolute Gasteiger partial charge is 0.508 e. The Morgan fingerprint density at radius 1 is 1.13 bits per heavy atom. The third-order valence-corrected chi connectivity index (χ3v) is 4.09. The monoisotopic (exact) mass is 312 g/mol. The van der Waals surface area contributed by atoms with Gasteiger partial charge in [0.25, 0.3) is 5.56 Å². The van der Waals surface area contributed by atoms with Crippen molar-refractivity contribution >= 4 is 11.9 Å². The zero-order chi connectivity index (χ0) is 16.7. The molecule has 1 heterocycles. The summed E-state index contributed by atoms with van der Waals surface area (Å²) in [6.07, 6.45) is 4.10. The number of fused-ring (bicyclic) bond motifs is 1. The quantitative estimate of drug-likeness (QED) is 0.797. The van der Waals surface area contributed by atoms with Gasteiger partial charge in [-0.3, -0.25) is 14.2 Å². The molecule has 0 aliphatic heterocycles. The van der Waals surface area contributed by atoms with Gasteiger partial charge in [-0.2, -0.15) is 0 Å². The van der Waals surface area contributed by atoms with E-state index in [4.69, 9.17) is 0 Å². The normalized spacial score (nSPS) is 15.7. The van der Waals surface area contributed by atoms with Crippen molar-refractivity contribution in [1.82, 2.24) is 9.13 Å². The number of allylic oxidation sites excluding steroid dienone is 1. The third kappa shape index (κ3) is 2.52. The lowest BCUT2D eigenvalue weighted by atomic mass is 9.86. The van der Waals surface area contributed by atoms with E-state index in [1.807, 2.05) is 0 Å². The Kier molecular flexibility index (Phi) is 3.52. The molecule has 1 N–H and O–H groups in total. The summed E-state index contributed by atoms with van der Waals surface area (Å²) in [6.45, 7) is 0. The maximum atomic E-state index is 12.6. The molecule has 0 amide bonds. The highest BCUT2D eigenvalue weighted by atomic mass is 16.3. The number of aromatic hydroxyl groups is 1. The van der Waals surface area contributed by atoms with Gasteiger partial charge in [-0.15, -0.1) is 0 Å². The molecule has 1 aromatic carbocycles. The van der Waals surface area contributed by atoms with Crippen molar-refractivity contribution in [2.75, 3.05) is 0 Å². The van der Waals surface area contributed by atoms with Crippen molar-refractivity contribution in [2.24, 2.45) is 14.1 Å². The van der Waals surface area contributed by atoms with Crippen LogP contribution < -0.4 is 11.2 Å². The lowest BCUT2D eigenvalue weighted by molar-refractivity contribution is 0.102. The van der Waals surface area contributed by atoms with E-state index in [2.05, 4.69) is 0 Å². The molecular formula is C17H16N2O4. The fraction of sp³-hybridized carbons (Fsp3) is 0.235. The first kappa shape index (κ1) is 15.0. The molecule has 6 heteroatoms. The fourth-order valence-electron chi connectivity index (χ4n) is 2.82. The average molecular weight is 312 g/mol. The van der Waals surface area contributed by atoms with Gasteiger partial charge < -0.3 is 9.67 Å². The average Bonchev–Trinajstić information content (AvgIpc) is 2.53. The van der Waals surface area contributed by atoms with Crippen LogP contribution in [-0.4, -0.2) is 20.0 Å². The minimum absolute atomic E-state index is 0.135. The van der Waals surface area contributed by atoms with E-state index in [0.29, 0.717) is 29.5 Å². The predicted molar refractivity (Wildman–Crippen MR) is 85.7 cm³/mol. The van der Waals surface area contributed by atoms with Gasteiger partial charge >= 0.3 is 5.69 Å². The summed E-state index contributed by atoms with van der Waals surface area (Å²) >= 11 is 0. The van der Waals surface area contributed by atoms with Crippen LogP contribution >= 0.6 is 0 Å². The van der Waals surface area contributed by atoms with Crippen molar-refractivity contribution in [1.29, 1.82) is 0 Å². The molecule has 0 saturated carbocycles. The molecule has 0 bridgehead atoms. The smallest absolute Gasteiger partial charge is 0.330 e. The first-order valence-corrected chi connectivity index (χ1v) is 7.22. The first-order valence-electron chi connectivity index (χ1n) is 7.22. The second kappa shape index (κ2) is 5.39. The Bertz CT molecular complexity index is 964. The Hall–Kier alpha value is -2.89. The lowest BCUT2D eigenvalue weighted by Gasteiger charge is -2.17. The van der Waals surface area contributed by atoms with Gasteiger partial charge in [0.2, 0.25) is 0 Å². The zero-order valence-corrected chi connectivity index (χ0v) is 12.9. The summed E-state index contributed by atoms with van der Waals surface area (Å²) < 4.78 is 2.33. The summed E-state index contributed by atoms with van der Waals surface area (Å²) in [5, 5.41) is 9.50. The van der Waals surface area contributed by atoms with Crippen molar-refractivity contribution in [3.63, 3.8) is 0 Å². The minimum atomic E-state index is -0.426. The highest BCUT2D eigenvalue weighted by molar-refractivity contribution is 6.13. The molecule has 1 aliphatic rings. The Balaban J connectivity index is 2.09. The molecule has 1 aliphatic carbocycles. The van der Waals surface area contributed by atoms with E-state index in [1.165, 1.54) is 23.9 Å². The number of ketones is 1. The molecule has 2 aromatic rings. The van der Waals surface area contributed by atoms with Crippen LogP contribution in [0.1, 0.15) is 27.9 Å². The van der Waals surface area contributed by atoms with Crippen LogP contribution in [0.4, 0.5) is 0 Å². The van der Waals surface area contributed by atoms with Gasteiger partial charge in [0.15, 0.2) is 5.78 Å². The number of benzene rings is 1. The van der Waals surface area contributed by atoms with Crippen LogP contribution in [0, 0.1) is 0 Å². The first-order chi connectivity index (χ1) is 10.9. The van der Waals surface area contributed by atoms with Crippen molar-refractivity contribution in [2.45, 2.75) is 12.8 Å². The summed E-state index contributed by atoms with van der Waals surface area (Å²) in [4.78, 5) is 36.4. The van der Waals surface area contributed by atoms with Gasteiger partial charge in [-0.1, -0.05) is 0 Å². The topological polar surface area (TPSA) is 81.3 Å². The molecule has 6 nitrogen and oxygen atoms in total. The van der Waals surface area contributed by atoms with Gasteiger partial charge in [0, 0.05) is 31.4 Å². The van der Waals surface area contributed by atoms with Gasteiger partial charge in [0.05, 0.1) is 5.56 Å². The van der Waals surface area contributed by atoms with E-state index in [9.17, 15) is 19.5 Å². The second-order valence-electron chi connectivity index (χ2n) is 5.68. The third-order valence-electron chi connectivity index (χ3n) is 4.09. The number of phenolic OH excluding ortho intramolecular Hbond substituents is 1. The minimum Gasteiger partial charge on any atom is -0.508 e. The number of phenols is 1. The molecule has 0 atom stereocenters. The van der Waals surface area contributed by atoms with Crippen LogP contribution in [0.15, 0.2) is 39.6 Å². The predicted octanol–water partition coefficient (Wildman–Crippen LogP) is 1.00. The Labute approximate surface area is 131 Å². The maximum absolute atomic E-state index is 12.6. The summed E-state index contributed by atoms with van der Waals surface area (Å²) in [5.41, 5.74) is 1.35. The van der Waals surface area contributed by atoms with Gasteiger partial charge in [0.1, 0.15) is 5.75 Å². The summed E-state index contributed by atoms with van der Waals surface area (Å²) in [7, 11) is 2.97. The molecule has 1 aromatic heterocycles. The van der Waals surface area contributed by atoms with E-state index < -0.39 is 11.2 Å². The number of carbonyl (C=O) groups excluding carboxylic acids is 1. The fourth-order valence-corrected chi connectivity index (χ4v) is 2.82. The van der Waals surface area contributed by atoms with Crippen LogP contribution in [-0.2, 0) is 20.5 Å². The molecule has 0 unspecified atom stereocenters. The Morgan fingerprint density at radius 3 is 2.61 bits per heavy atom. The molecule has 0 saturated heterocycles. The number of hydrogen-bond donors (Lipinski definition) is 1. The van der Waals surface area contributed by atoms with Crippen molar-refractivity contribution < 1.29 is 9.90 Å². The SMILES string of the molecule is Cn1cc(/C=C2\CCc3cc(O)ccc3C2=O)c(=O)n(C)c1=O. The van der Waals surface area contributed by atoms with Crippen molar-refractivity contribution in [3.8, 4) is 5.75 Å². The molecular weight excluding hydrogens is 296 g/mol. The molecule has 23 heavy (non-hydrogen) atoms. The molecule has 0 spiro atoms. The highest BCUT2D eigenvalue weighted by Crippen LogP contribution is 2.28. The number of aromatic nitrogens is 2. The number of Topliss-reactive ketones (excluding diaryl/α,β-unsaturated/α-hetero) is 1. The maximum Gasteiger partial charge on any atom is 0.330 e. The van der Waals surface area contributed by atoms with Crippen molar-refractivity contribution in [3.05, 3.63) is 67.5 Å². The summed E-state index contributed by atoms with van der Waals surface area (Å²) in [5.74, 6) is -0.0157. The molecule has 3 rings (SSSR count). The number of rotatable bonds is 1. The number of carbonyl (C=O) groups is 1. The standard InChI is InChI=1S/C17H16N2O4/c1-18-9-12(16(22)19(2)17(18)23)7-11-4-3-10-8-13(20)5-6-14(10)15(11)21/h5-9,20H,3-4H2,1-2H3/b11-7+. The molecule has 0 radical (unpaired) electrons. The lowest BCUT2D eigenvalue weighted by Crippen LogP contribution is -2.37. The van der Waals surface area contributed by atoms with Gasteiger partial charge in [-0.25, -0.2) is 4.79 Å². The second-order valence-corrected chi connectivity index (χ2v) is 5.68. The van der Waals surface area contributed by atoms with E-state index in [1.54, 1.807) is 25.3 Å². The van der Waals surface area contributed by atoms with E-state index in [0.717, 1.165) is 10.1 Å². The summed E-state index contributed by atoms with van der Waals surface area (Å²) in [6, 6.07) is 4.67. The van der Waals surface area contributed by atoms with E-state index >= 15 is 0 Å².